The van der Waals surface area contributed by atoms with E-state index in [-0.39, 0.29) is 11.0 Å². The van der Waals surface area contributed by atoms with E-state index in [1.54, 1.807) is 0 Å². The molecule has 2 nitrogen and oxygen atoms in total. The lowest BCUT2D eigenvalue weighted by Gasteiger charge is -2.46. The molecule has 2 heteroatoms. The van der Waals surface area contributed by atoms with Crippen LogP contribution in [0.4, 0.5) is 0 Å². The van der Waals surface area contributed by atoms with Crippen molar-refractivity contribution in [1.82, 2.24) is 0 Å². The number of pyridine rings is 2. The molecule has 0 radical (unpaired) electrons. The molecule has 0 saturated carbocycles. The third-order valence-corrected chi connectivity index (χ3v) is 10.8. The molecule has 1 aliphatic rings. The van der Waals surface area contributed by atoms with Crippen LogP contribution in [0.3, 0.4) is 0 Å². The summed E-state index contributed by atoms with van der Waals surface area (Å²) in [6.07, 6.45) is 16.3. The smallest absolute Gasteiger partial charge is 0.200 e. The van der Waals surface area contributed by atoms with Gasteiger partial charge in [-0.25, -0.2) is 4.57 Å². The zero-order chi connectivity index (χ0) is 32.3. The Morgan fingerprint density at radius 3 is 2.17 bits per heavy atom. The first-order chi connectivity index (χ1) is 22.4. The van der Waals surface area contributed by atoms with Gasteiger partial charge in [-0.1, -0.05) is 100.0 Å². The first-order valence-electron chi connectivity index (χ1n) is 17.3. The monoisotopic (exact) mass is 606 g/mol. The van der Waals surface area contributed by atoms with Crippen molar-refractivity contribution in [3.05, 3.63) is 144 Å². The molecule has 46 heavy (non-hydrogen) atoms. The highest BCUT2D eigenvalue weighted by molar-refractivity contribution is 5.70. The first-order valence-corrected chi connectivity index (χ1v) is 17.3. The Morgan fingerprint density at radius 2 is 1.43 bits per heavy atom. The molecule has 0 spiro atoms. The van der Waals surface area contributed by atoms with Gasteiger partial charge in [0.15, 0.2) is 17.9 Å². The van der Waals surface area contributed by atoms with E-state index in [9.17, 15) is 0 Å². The number of allylic oxidation sites excluding steroid dienone is 2. The molecule has 5 aromatic rings. The summed E-state index contributed by atoms with van der Waals surface area (Å²) < 4.78 is 4.94. The molecule has 0 aliphatic carbocycles. The summed E-state index contributed by atoms with van der Waals surface area (Å²) in [5.41, 5.74) is 13.1. The van der Waals surface area contributed by atoms with Crippen LogP contribution in [0.15, 0.2) is 122 Å². The van der Waals surface area contributed by atoms with Crippen molar-refractivity contribution in [2.45, 2.75) is 84.1 Å². The highest BCUT2D eigenvalue weighted by Crippen LogP contribution is 2.50. The lowest BCUT2D eigenvalue weighted by atomic mass is 9.59. The molecule has 2 unspecified atom stereocenters. The molecular weight excluding hydrogens is 556 g/mol. The van der Waals surface area contributed by atoms with Crippen LogP contribution in [0.1, 0.15) is 75.6 Å². The molecule has 0 bridgehead atoms. The van der Waals surface area contributed by atoms with Gasteiger partial charge >= 0.3 is 0 Å². The number of unbranched alkanes of at least 4 members (excludes halogenated alkanes) is 1. The zero-order valence-corrected chi connectivity index (χ0v) is 28.7. The van der Waals surface area contributed by atoms with E-state index in [0.717, 1.165) is 25.7 Å². The van der Waals surface area contributed by atoms with Crippen molar-refractivity contribution in [2.75, 3.05) is 0 Å². The van der Waals surface area contributed by atoms with E-state index < -0.39 is 0 Å². The van der Waals surface area contributed by atoms with Crippen molar-refractivity contribution in [3.63, 3.8) is 0 Å². The average molecular weight is 607 g/mol. The Kier molecular flexibility index (Phi) is 9.09. The second-order valence-corrected chi connectivity index (χ2v) is 13.4. The first kappa shape index (κ1) is 31.7. The van der Waals surface area contributed by atoms with Gasteiger partial charge in [0.05, 0.1) is 11.0 Å². The van der Waals surface area contributed by atoms with E-state index in [4.69, 9.17) is 0 Å². The molecule has 1 aliphatic heterocycles. The van der Waals surface area contributed by atoms with Gasteiger partial charge in [0.25, 0.3) is 0 Å². The number of nitrogens with zero attached hydrogens (tertiary/aromatic N) is 2. The Morgan fingerprint density at radius 1 is 0.717 bits per heavy atom. The van der Waals surface area contributed by atoms with Gasteiger partial charge in [-0.3, -0.25) is 0 Å². The van der Waals surface area contributed by atoms with Gasteiger partial charge < -0.3 is 0 Å². The Labute approximate surface area is 277 Å². The molecule has 2 atom stereocenters. The summed E-state index contributed by atoms with van der Waals surface area (Å²) in [5, 5.41) is 0. The third kappa shape index (κ3) is 5.42. The van der Waals surface area contributed by atoms with Gasteiger partial charge in [-0.15, -0.1) is 0 Å². The number of hydrogen-bond donors (Lipinski definition) is 0. The minimum absolute atomic E-state index is 0.0494. The second-order valence-electron chi connectivity index (χ2n) is 13.4. The molecule has 0 saturated heterocycles. The summed E-state index contributed by atoms with van der Waals surface area (Å²) in [6, 6.07) is 35.9. The lowest BCUT2D eigenvalue weighted by molar-refractivity contribution is -0.756. The molecule has 0 fully saturated rings. The van der Waals surface area contributed by atoms with Crippen LogP contribution >= 0.6 is 0 Å². The fourth-order valence-electron chi connectivity index (χ4n) is 8.02. The molecule has 234 valence electrons. The zero-order valence-electron chi connectivity index (χ0n) is 28.7. The van der Waals surface area contributed by atoms with Crippen molar-refractivity contribution in [3.8, 4) is 33.6 Å². The van der Waals surface area contributed by atoms with E-state index in [2.05, 4.69) is 172 Å². The van der Waals surface area contributed by atoms with Crippen LogP contribution in [-0.4, -0.2) is 0 Å². The lowest BCUT2D eigenvalue weighted by Crippen LogP contribution is -2.68. The van der Waals surface area contributed by atoms with E-state index in [1.165, 1.54) is 68.7 Å². The third-order valence-electron chi connectivity index (χ3n) is 10.8. The molecule has 0 N–H and O–H groups in total. The highest BCUT2D eigenvalue weighted by Gasteiger charge is 2.57. The Balaban J connectivity index is 1.42. The normalized spacial score (nSPS) is 18.8. The fourth-order valence-corrected chi connectivity index (χ4v) is 8.02. The van der Waals surface area contributed by atoms with Crippen LogP contribution < -0.4 is 9.13 Å². The number of rotatable bonds is 10. The van der Waals surface area contributed by atoms with Gasteiger partial charge in [-0.2, -0.15) is 4.57 Å². The second kappa shape index (κ2) is 13.2. The highest BCUT2D eigenvalue weighted by atomic mass is 15.1. The van der Waals surface area contributed by atoms with Gasteiger partial charge in [0, 0.05) is 35.2 Å². The SMILES string of the molecule is CCCCc1ccc2[n+](c1)C(C=CCc1ccccc1-c1cc(C)c(-c3ccccc3)c[n+]1C)(CC)C(C)(CC)c1ccccc1-2. The molecule has 3 heterocycles. The summed E-state index contributed by atoms with van der Waals surface area (Å²) in [4.78, 5) is 0. The topological polar surface area (TPSA) is 7.76 Å². The van der Waals surface area contributed by atoms with Gasteiger partial charge in [0.1, 0.15) is 7.05 Å². The van der Waals surface area contributed by atoms with E-state index in [1.807, 2.05) is 0 Å². The maximum absolute atomic E-state index is 2.65. The van der Waals surface area contributed by atoms with Crippen LogP contribution in [0.5, 0.6) is 0 Å². The molecule has 6 rings (SSSR count). The molecular formula is C44H50N2+2. The number of aryl methyl sites for hydroxylation is 3. The number of aromatic nitrogens is 2. The maximum atomic E-state index is 2.65. The number of benzene rings is 3. The maximum Gasteiger partial charge on any atom is 0.213 e. The molecule has 0 amide bonds. The van der Waals surface area contributed by atoms with Crippen LogP contribution in [0, 0.1) is 6.92 Å². The number of hydrogen-bond acceptors (Lipinski definition) is 0. The van der Waals surface area contributed by atoms with Gasteiger partial charge in [0.2, 0.25) is 11.4 Å². The van der Waals surface area contributed by atoms with E-state index in [0.29, 0.717) is 0 Å². The van der Waals surface area contributed by atoms with Crippen LogP contribution in [0.2, 0.25) is 0 Å². The summed E-state index contributed by atoms with van der Waals surface area (Å²) in [7, 11) is 2.18. The van der Waals surface area contributed by atoms with Crippen molar-refractivity contribution < 1.29 is 9.13 Å². The predicted molar refractivity (Wildman–Crippen MR) is 193 cm³/mol. The Bertz CT molecular complexity index is 1870. The van der Waals surface area contributed by atoms with Gasteiger partial charge in [-0.05, 0) is 86.1 Å². The average Bonchev–Trinajstić information content (AvgIpc) is 3.10. The minimum Gasteiger partial charge on any atom is -0.200 e. The molecule has 3 aromatic carbocycles. The van der Waals surface area contributed by atoms with Crippen LogP contribution in [0.25, 0.3) is 33.6 Å². The standard InChI is InChI=1S/C44H50N2/c1-7-10-19-34-27-28-41-38-25-16-17-26-40(38)43(5,8-2)44(9-3,46(41)31-34)29-18-23-35-22-14-15-24-37(35)42-30-33(4)39(32-45(42)6)36-20-12-11-13-21-36/h11-18,20-22,24-32H,7-10,19,23H2,1-6H3/q+2. The van der Waals surface area contributed by atoms with E-state index >= 15 is 0 Å². The largest absolute Gasteiger partial charge is 0.213 e. The van der Waals surface area contributed by atoms with Crippen molar-refractivity contribution in [1.29, 1.82) is 0 Å². The summed E-state index contributed by atoms with van der Waals surface area (Å²) >= 11 is 0. The summed E-state index contributed by atoms with van der Waals surface area (Å²) in [6.45, 7) is 11.8. The molecule has 2 aromatic heterocycles. The van der Waals surface area contributed by atoms with Crippen molar-refractivity contribution >= 4 is 0 Å². The van der Waals surface area contributed by atoms with Crippen molar-refractivity contribution in [2.24, 2.45) is 7.05 Å². The Hall–Kier alpha value is -4.30. The quantitative estimate of drug-likeness (QED) is 0.110. The summed E-state index contributed by atoms with van der Waals surface area (Å²) in [5.74, 6) is 0. The predicted octanol–water partition coefficient (Wildman–Crippen LogP) is 10.0. The number of fused-ring (bicyclic) bond motifs is 3. The minimum atomic E-state index is -0.179. The van der Waals surface area contributed by atoms with Crippen LogP contribution in [-0.2, 0) is 30.8 Å². The fraction of sp³-hybridized carbons (Fsp3) is 0.318.